The molecule has 0 spiro atoms. The topological polar surface area (TPSA) is 85.3 Å². The molecule has 3 saturated heterocycles. The fraction of sp³-hybridized carbons (Fsp3) is 0.444. The molecule has 10 nitrogen and oxygen atoms in total. The molecule has 4 fully saturated rings. The predicted molar refractivity (Wildman–Crippen MR) is 222 cm³/mol. The second-order valence-corrected chi connectivity index (χ2v) is 16.8. The SMILES string of the molecule is [2H]C([2H])(Oc1nc(N2CCOC[C@H]3[C@H](F)[C@H]32)c2cc(Cl)c(-c3nc(N(Cc4ccc(OC)cc4)Cc4ccc(OC)cc4)c(F)c(C)c3C(F)(F)F)c(F)c2n1)[C@@]12CCCN1C[C@H](F)C2. The summed E-state index contributed by atoms with van der Waals surface area (Å²) in [5.41, 5.74) is -5.26. The van der Waals surface area contributed by atoms with Crippen LogP contribution in [0, 0.1) is 24.5 Å². The molecule has 4 aliphatic rings. The number of hydrogen-bond donors (Lipinski definition) is 0. The summed E-state index contributed by atoms with van der Waals surface area (Å²) >= 11 is 6.85. The number of pyridine rings is 1. The molecule has 1 saturated carbocycles. The number of aromatic nitrogens is 3. The average molecular weight is 903 g/mol. The summed E-state index contributed by atoms with van der Waals surface area (Å²) < 4.78 is 151. The number of nitrogens with zero attached hydrogens (tertiary/aromatic N) is 6. The second-order valence-electron chi connectivity index (χ2n) is 16.4. The van der Waals surface area contributed by atoms with Crippen molar-refractivity contribution in [1.82, 2.24) is 19.9 Å². The van der Waals surface area contributed by atoms with Crippen molar-refractivity contribution in [2.75, 3.05) is 63.4 Å². The molecule has 18 heteroatoms. The minimum atomic E-state index is -5.29. The Balaban J connectivity index is 1.23. The van der Waals surface area contributed by atoms with Gasteiger partial charge in [0, 0.05) is 49.5 Å². The van der Waals surface area contributed by atoms with Crippen molar-refractivity contribution in [1.29, 1.82) is 0 Å². The molecule has 1 aliphatic carbocycles. The maximum absolute atomic E-state index is 17.7. The van der Waals surface area contributed by atoms with E-state index in [1.807, 2.05) is 0 Å². The summed E-state index contributed by atoms with van der Waals surface area (Å²) in [6, 6.07) is 13.1. The van der Waals surface area contributed by atoms with Crippen LogP contribution in [0.25, 0.3) is 22.2 Å². The Morgan fingerprint density at radius 1 is 0.952 bits per heavy atom. The summed E-state index contributed by atoms with van der Waals surface area (Å²) in [5, 5.41) is -0.728. The number of hydrogen-bond acceptors (Lipinski definition) is 10. The van der Waals surface area contributed by atoms with Crippen LogP contribution < -0.4 is 24.0 Å². The Morgan fingerprint density at radius 3 is 2.25 bits per heavy atom. The number of fused-ring (bicyclic) bond motifs is 3. The van der Waals surface area contributed by atoms with E-state index in [2.05, 4.69) is 15.0 Å². The van der Waals surface area contributed by atoms with E-state index in [9.17, 15) is 4.39 Å². The highest BCUT2D eigenvalue weighted by molar-refractivity contribution is 6.34. The standard InChI is InChI=1S/C45H44ClF7N6O4/c1-24-34(45(51,52)53)39(54-42(35(24)48)57(19-25-5-9-28(60-2)10-6-25)20-26-7-11-29(61-3)12-8-26)33-32(46)17-30-38(37(33)50)55-43(63-23-44-13-4-14-58(44)21-27(47)18-44)56-41(30)59-15-16-62-22-31-36(49)40(31)59/h5-12,17,27,31,36,40H,4,13-16,18-23H2,1-3H3/t27-,31+,36+,40+,44+/m1/s1/i23D2. The maximum atomic E-state index is 17.7. The van der Waals surface area contributed by atoms with Gasteiger partial charge in [0.2, 0.25) is 0 Å². The molecular formula is C45H44ClF7N6O4. The molecule has 0 amide bonds. The molecule has 5 aromatic rings. The summed E-state index contributed by atoms with van der Waals surface area (Å²) in [6.45, 7) is -1.26. The lowest BCUT2D eigenvalue weighted by atomic mass is 9.95. The smallest absolute Gasteiger partial charge is 0.418 e. The van der Waals surface area contributed by atoms with Crippen molar-refractivity contribution in [2.45, 2.75) is 69.4 Å². The fourth-order valence-corrected chi connectivity index (χ4v) is 9.52. The first-order valence-corrected chi connectivity index (χ1v) is 20.9. The van der Waals surface area contributed by atoms with Crippen molar-refractivity contribution in [3.8, 4) is 28.8 Å². The molecule has 0 N–H and O–H groups in total. The van der Waals surface area contributed by atoms with E-state index in [-0.39, 0.29) is 63.4 Å². The lowest BCUT2D eigenvalue weighted by Crippen LogP contribution is -2.43. The molecule has 0 unspecified atom stereocenters. The highest BCUT2D eigenvalue weighted by Crippen LogP contribution is 2.49. The summed E-state index contributed by atoms with van der Waals surface area (Å²) in [5.74, 6) is -2.94. The van der Waals surface area contributed by atoms with Gasteiger partial charge < -0.3 is 28.7 Å². The Morgan fingerprint density at radius 2 is 1.62 bits per heavy atom. The van der Waals surface area contributed by atoms with Gasteiger partial charge in [-0.1, -0.05) is 35.9 Å². The summed E-state index contributed by atoms with van der Waals surface area (Å²) in [6.07, 6.45) is -7.43. The van der Waals surface area contributed by atoms with Crippen molar-refractivity contribution in [2.24, 2.45) is 5.92 Å². The average Bonchev–Trinajstić information content (AvgIpc) is 3.62. The molecule has 3 aliphatic heterocycles. The first-order chi connectivity index (χ1) is 30.9. The van der Waals surface area contributed by atoms with Crippen LogP contribution in [0.5, 0.6) is 17.5 Å². The van der Waals surface area contributed by atoms with Gasteiger partial charge in [0.15, 0.2) is 17.5 Å². The predicted octanol–water partition coefficient (Wildman–Crippen LogP) is 9.30. The van der Waals surface area contributed by atoms with Gasteiger partial charge in [0.1, 0.15) is 41.7 Å². The van der Waals surface area contributed by atoms with E-state index in [0.717, 1.165) is 13.0 Å². The van der Waals surface area contributed by atoms with Crippen LogP contribution in [0.15, 0.2) is 54.6 Å². The zero-order chi connectivity index (χ0) is 46.2. The first-order valence-electron chi connectivity index (χ1n) is 21.5. The minimum Gasteiger partial charge on any atom is -0.497 e. The Bertz CT molecular complexity index is 2570. The number of anilines is 2. The quantitative estimate of drug-likeness (QED) is 0.113. The molecule has 0 radical (unpaired) electrons. The van der Waals surface area contributed by atoms with Gasteiger partial charge in [-0.15, -0.1) is 0 Å². The van der Waals surface area contributed by atoms with Crippen molar-refractivity contribution in [3.63, 3.8) is 0 Å². The van der Waals surface area contributed by atoms with E-state index >= 15 is 26.3 Å². The molecule has 9 rings (SSSR count). The van der Waals surface area contributed by atoms with Gasteiger partial charge in [0.05, 0.1) is 63.6 Å². The number of benzene rings is 3. The number of ether oxygens (including phenoxy) is 4. The van der Waals surface area contributed by atoms with Crippen LogP contribution in [-0.2, 0) is 24.0 Å². The van der Waals surface area contributed by atoms with Gasteiger partial charge in [-0.05, 0) is 67.8 Å². The van der Waals surface area contributed by atoms with Crippen molar-refractivity contribution >= 4 is 34.1 Å². The lowest BCUT2D eigenvalue weighted by Gasteiger charge is -2.31. The number of halogens is 8. The molecule has 334 valence electrons. The Kier molecular flexibility index (Phi) is 10.8. The lowest BCUT2D eigenvalue weighted by molar-refractivity contribution is -0.137. The van der Waals surface area contributed by atoms with E-state index < -0.39 is 99.0 Å². The number of rotatable bonds is 12. The highest BCUT2D eigenvalue weighted by Gasteiger charge is 2.57. The van der Waals surface area contributed by atoms with Crippen LogP contribution >= 0.6 is 11.6 Å². The minimum absolute atomic E-state index is 0.0246. The monoisotopic (exact) mass is 902 g/mol. The molecule has 63 heavy (non-hydrogen) atoms. The molecule has 0 bridgehead atoms. The van der Waals surface area contributed by atoms with E-state index in [1.54, 1.807) is 53.4 Å². The van der Waals surface area contributed by atoms with Crippen LogP contribution in [0.2, 0.25) is 5.02 Å². The van der Waals surface area contributed by atoms with Crippen LogP contribution in [0.4, 0.5) is 42.4 Å². The number of methoxy groups -OCH3 is 2. The fourth-order valence-electron chi connectivity index (χ4n) is 9.24. The summed E-state index contributed by atoms with van der Waals surface area (Å²) in [7, 11) is 2.97. The maximum Gasteiger partial charge on any atom is 0.418 e. The van der Waals surface area contributed by atoms with Crippen molar-refractivity contribution < 1.29 is 52.4 Å². The van der Waals surface area contributed by atoms with Crippen molar-refractivity contribution in [3.05, 3.63) is 93.5 Å². The first kappa shape index (κ1) is 40.6. The van der Waals surface area contributed by atoms with Gasteiger partial charge in [0.25, 0.3) is 0 Å². The largest absolute Gasteiger partial charge is 0.497 e. The van der Waals surface area contributed by atoms with Crippen LogP contribution in [0.1, 0.15) is 44.3 Å². The molecular weight excluding hydrogens is 857 g/mol. The van der Waals surface area contributed by atoms with Gasteiger partial charge in [-0.3, -0.25) is 4.90 Å². The molecule has 3 aromatic carbocycles. The molecule has 2 aromatic heterocycles. The third kappa shape index (κ3) is 8.05. The van der Waals surface area contributed by atoms with Crippen LogP contribution in [0.3, 0.4) is 0 Å². The highest BCUT2D eigenvalue weighted by atomic mass is 35.5. The molecule has 5 atom stereocenters. The normalized spacial score (nSPS) is 24.1. The van der Waals surface area contributed by atoms with E-state index in [0.29, 0.717) is 35.6 Å². The van der Waals surface area contributed by atoms with E-state index in [1.165, 1.54) is 24.0 Å². The van der Waals surface area contributed by atoms with Gasteiger partial charge in [-0.25, -0.2) is 22.5 Å². The second kappa shape index (κ2) is 16.8. The zero-order valence-electron chi connectivity index (χ0n) is 36.4. The van der Waals surface area contributed by atoms with Crippen LogP contribution in [-0.4, -0.2) is 97.4 Å². The Labute approximate surface area is 366 Å². The Hall–Kier alpha value is -5.13. The van der Waals surface area contributed by atoms with E-state index in [4.69, 9.17) is 33.3 Å². The number of alkyl halides is 5. The third-order valence-corrected chi connectivity index (χ3v) is 12.8. The van der Waals surface area contributed by atoms with Gasteiger partial charge >= 0.3 is 12.2 Å². The zero-order valence-corrected chi connectivity index (χ0v) is 35.2. The third-order valence-electron chi connectivity index (χ3n) is 12.5. The molecule has 5 heterocycles. The van der Waals surface area contributed by atoms with Gasteiger partial charge in [-0.2, -0.15) is 23.1 Å². The summed E-state index contributed by atoms with van der Waals surface area (Å²) in [4.78, 5) is 17.6.